The van der Waals surface area contributed by atoms with Gasteiger partial charge in [-0.25, -0.2) is 0 Å². The summed E-state index contributed by atoms with van der Waals surface area (Å²) in [4.78, 5) is 0. The third-order valence-corrected chi connectivity index (χ3v) is 3.15. The van der Waals surface area contributed by atoms with Crippen molar-refractivity contribution in [1.82, 2.24) is 5.32 Å². The number of rotatable bonds is 5. The molecule has 1 aromatic carbocycles. The van der Waals surface area contributed by atoms with Gasteiger partial charge in [0.25, 0.3) is 0 Å². The molecule has 15 heavy (non-hydrogen) atoms. The zero-order chi connectivity index (χ0) is 11.3. The molecule has 0 aromatic heterocycles. The van der Waals surface area contributed by atoms with Gasteiger partial charge in [0.1, 0.15) is 0 Å². The van der Waals surface area contributed by atoms with Crippen molar-refractivity contribution in [2.75, 3.05) is 0 Å². The summed E-state index contributed by atoms with van der Waals surface area (Å²) in [6.07, 6.45) is 2.90. The zero-order valence-corrected chi connectivity index (χ0v) is 11.1. The van der Waals surface area contributed by atoms with Crippen molar-refractivity contribution in [3.63, 3.8) is 0 Å². The number of hydrogen-bond acceptors (Lipinski definition) is 1. The molecule has 0 radical (unpaired) electrons. The maximum atomic E-state index is 5.87. The van der Waals surface area contributed by atoms with E-state index in [2.05, 4.69) is 34.7 Å². The monoisotopic (exact) mass is 287 g/mol. The summed E-state index contributed by atoms with van der Waals surface area (Å²) in [6.45, 7) is 6.70. The number of hydrogen-bond donors (Lipinski definition) is 1. The molecule has 0 spiro atoms. The molecule has 0 bridgehead atoms. The first-order valence-electron chi connectivity index (χ1n) is 4.91. The molecule has 1 atom stereocenters. The van der Waals surface area contributed by atoms with Crippen LogP contribution in [-0.2, 0) is 6.54 Å². The van der Waals surface area contributed by atoms with Gasteiger partial charge in [-0.2, -0.15) is 0 Å². The van der Waals surface area contributed by atoms with Crippen molar-refractivity contribution in [3.05, 3.63) is 45.9 Å². The van der Waals surface area contributed by atoms with E-state index in [1.54, 1.807) is 0 Å². The summed E-state index contributed by atoms with van der Waals surface area (Å²) in [5, 5.41) is 4.17. The largest absolute Gasteiger partial charge is 0.310 e. The Bertz CT molecular complexity index is 338. The molecule has 0 amide bonds. The SMILES string of the molecule is C=CCC(C)NCc1ccc(Cl)cc1Br. The Labute approximate surface area is 105 Å². The lowest BCUT2D eigenvalue weighted by Crippen LogP contribution is -2.24. The highest BCUT2D eigenvalue weighted by molar-refractivity contribution is 9.10. The maximum Gasteiger partial charge on any atom is 0.0417 e. The minimum atomic E-state index is 0.449. The van der Waals surface area contributed by atoms with Crippen LogP contribution in [0.2, 0.25) is 5.02 Å². The fourth-order valence-corrected chi connectivity index (χ4v) is 2.11. The van der Waals surface area contributed by atoms with Crippen molar-refractivity contribution in [1.29, 1.82) is 0 Å². The first-order chi connectivity index (χ1) is 7.13. The number of nitrogens with one attached hydrogen (secondary N) is 1. The Balaban J connectivity index is 2.54. The van der Waals surface area contributed by atoms with Crippen LogP contribution in [-0.4, -0.2) is 6.04 Å². The third-order valence-electron chi connectivity index (χ3n) is 2.18. The minimum absolute atomic E-state index is 0.449. The average molecular weight is 289 g/mol. The van der Waals surface area contributed by atoms with Crippen LogP contribution in [0.3, 0.4) is 0 Å². The lowest BCUT2D eigenvalue weighted by molar-refractivity contribution is 0.553. The minimum Gasteiger partial charge on any atom is -0.310 e. The van der Waals surface area contributed by atoms with Gasteiger partial charge in [-0.05, 0) is 31.0 Å². The van der Waals surface area contributed by atoms with Crippen LogP contribution >= 0.6 is 27.5 Å². The summed E-state index contributed by atoms with van der Waals surface area (Å²) >= 11 is 9.36. The predicted octanol–water partition coefficient (Wildman–Crippen LogP) is 4.16. The highest BCUT2D eigenvalue weighted by Crippen LogP contribution is 2.21. The van der Waals surface area contributed by atoms with Gasteiger partial charge in [0.15, 0.2) is 0 Å². The van der Waals surface area contributed by atoms with Gasteiger partial charge >= 0.3 is 0 Å². The summed E-state index contributed by atoms with van der Waals surface area (Å²) < 4.78 is 1.05. The van der Waals surface area contributed by atoms with E-state index in [0.717, 1.165) is 22.5 Å². The molecule has 3 heteroatoms. The molecular weight excluding hydrogens is 273 g/mol. The molecule has 1 unspecified atom stereocenters. The predicted molar refractivity (Wildman–Crippen MR) is 70.3 cm³/mol. The highest BCUT2D eigenvalue weighted by Gasteiger charge is 2.02. The second kappa shape index (κ2) is 6.31. The quantitative estimate of drug-likeness (QED) is 0.802. The summed E-state index contributed by atoms with van der Waals surface area (Å²) in [5.74, 6) is 0. The van der Waals surface area contributed by atoms with Crippen LogP contribution in [0, 0.1) is 0 Å². The topological polar surface area (TPSA) is 12.0 Å². The van der Waals surface area contributed by atoms with E-state index in [1.807, 2.05) is 24.3 Å². The Morgan fingerprint density at radius 3 is 2.93 bits per heavy atom. The Hall–Kier alpha value is -0.310. The average Bonchev–Trinajstić information content (AvgIpc) is 2.17. The first kappa shape index (κ1) is 12.8. The molecule has 0 aliphatic rings. The van der Waals surface area contributed by atoms with Crippen LogP contribution in [0.4, 0.5) is 0 Å². The molecule has 0 aliphatic heterocycles. The fraction of sp³-hybridized carbons (Fsp3) is 0.333. The van der Waals surface area contributed by atoms with Crippen LogP contribution in [0.1, 0.15) is 18.9 Å². The van der Waals surface area contributed by atoms with Gasteiger partial charge in [-0.3, -0.25) is 0 Å². The van der Waals surface area contributed by atoms with Gasteiger partial charge in [0.05, 0.1) is 0 Å². The second-order valence-corrected chi connectivity index (χ2v) is 4.83. The summed E-state index contributed by atoms with van der Waals surface area (Å²) in [6, 6.07) is 6.29. The van der Waals surface area contributed by atoms with Crippen molar-refractivity contribution < 1.29 is 0 Å². The van der Waals surface area contributed by atoms with Gasteiger partial charge in [-0.15, -0.1) is 6.58 Å². The molecule has 1 aromatic rings. The third kappa shape index (κ3) is 4.37. The molecule has 0 aliphatic carbocycles. The van der Waals surface area contributed by atoms with Gasteiger partial charge in [-0.1, -0.05) is 39.7 Å². The number of benzene rings is 1. The maximum absolute atomic E-state index is 5.87. The summed E-state index contributed by atoms with van der Waals surface area (Å²) in [7, 11) is 0. The lowest BCUT2D eigenvalue weighted by Gasteiger charge is -2.12. The van der Waals surface area contributed by atoms with Crippen LogP contribution < -0.4 is 5.32 Å². The van der Waals surface area contributed by atoms with Crippen LogP contribution in [0.15, 0.2) is 35.3 Å². The molecule has 0 fully saturated rings. The molecule has 0 saturated carbocycles. The van der Waals surface area contributed by atoms with Crippen molar-refractivity contribution in [2.45, 2.75) is 25.9 Å². The van der Waals surface area contributed by atoms with Crippen molar-refractivity contribution >= 4 is 27.5 Å². The molecule has 82 valence electrons. The van der Waals surface area contributed by atoms with E-state index in [-0.39, 0.29) is 0 Å². The van der Waals surface area contributed by atoms with Crippen LogP contribution in [0.25, 0.3) is 0 Å². The Morgan fingerprint density at radius 1 is 1.60 bits per heavy atom. The molecular formula is C12H15BrClN. The molecule has 1 N–H and O–H groups in total. The van der Waals surface area contributed by atoms with Crippen molar-refractivity contribution in [3.8, 4) is 0 Å². The van der Waals surface area contributed by atoms with Gasteiger partial charge in [0, 0.05) is 22.1 Å². The lowest BCUT2D eigenvalue weighted by atomic mass is 10.2. The van der Waals surface area contributed by atoms with Crippen molar-refractivity contribution in [2.24, 2.45) is 0 Å². The molecule has 1 rings (SSSR count). The normalized spacial score (nSPS) is 12.5. The fourth-order valence-electron chi connectivity index (χ4n) is 1.28. The standard InChI is InChI=1S/C12H15BrClN/c1-3-4-9(2)15-8-10-5-6-11(14)7-12(10)13/h3,5-7,9,15H,1,4,8H2,2H3. The first-order valence-corrected chi connectivity index (χ1v) is 6.08. The second-order valence-electron chi connectivity index (χ2n) is 3.54. The van der Waals surface area contributed by atoms with Crippen LogP contribution in [0.5, 0.6) is 0 Å². The highest BCUT2D eigenvalue weighted by atomic mass is 79.9. The molecule has 0 saturated heterocycles. The van der Waals surface area contributed by atoms with E-state index in [9.17, 15) is 0 Å². The van der Waals surface area contributed by atoms with E-state index < -0.39 is 0 Å². The molecule has 1 nitrogen and oxygen atoms in total. The van der Waals surface area contributed by atoms with Gasteiger partial charge < -0.3 is 5.32 Å². The smallest absolute Gasteiger partial charge is 0.0417 e. The Kier molecular flexibility index (Phi) is 5.37. The summed E-state index contributed by atoms with van der Waals surface area (Å²) in [5.41, 5.74) is 1.22. The molecule has 0 heterocycles. The number of halogens is 2. The Morgan fingerprint density at radius 2 is 2.33 bits per heavy atom. The van der Waals surface area contributed by atoms with E-state index in [1.165, 1.54) is 5.56 Å². The van der Waals surface area contributed by atoms with E-state index in [0.29, 0.717) is 6.04 Å². The van der Waals surface area contributed by atoms with Gasteiger partial charge in [0.2, 0.25) is 0 Å². The van der Waals surface area contributed by atoms with E-state index >= 15 is 0 Å². The zero-order valence-electron chi connectivity index (χ0n) is 8.76. The van der Waals surface area contributed by atoms with E-state index in [4.69, 9.17) is 11.6 Å².